The van der Waals surface area contributed by atoms with Crippen LogP contribution in [0.25, 0.3) is 99.2 Å². The van der Waals surface area contributed by atoms with Crippen LogP contribution in [0, 0.1) is 6.92 Å². The fourth-order valence-electron chi connectivity index (χ4n) is 7.19. The predicted octanol–water partition coefficient (Wildman–Crippen LogP) is 12.7. The summed E-state index contributed by atoms with van der Waals surface area (Å²) in [5.74, 6) is 0. The zero-order valence-electron chi connectivity index (χ0n) is 25.0. The van der Waals surface area contributed by atoms with Gasteiger partial charge >= 0.3 is 0 Å². The molecule has 0 aliphatic carbocycles. The van der Waals surface area contributed by atoms with Crippen LogP contribution in [0.1, 0.15) is 5.56 Å². The summed E-state index contributed by atoms with van der Waals surface area (Å²) in [6.07, 6.45) is 0. The van der Waals surface area contributed by atoms with Gasteiger partial charge in [0.1, 0.15) is 33.5 Å². The number of furan rings is 3. The first-order valence-corrected chi connectivity index (χ1v) is 15.6. The molecule has 0 bridgehead atoms. The molecule has 10 aromatic rings. The average Bonchev–Trinajstić information content (AvgIpc) is 3.80. The zero-order valence-corrected chi connectivity index (χ0v) is 25.0. The Kier molecular flexibility index (Phi) is 5.20. The molecule has 0 aliphatic heterocycles. The lowest BCUT2D eigenvalue weighted by Crippen LogP contribution is -1.87. The molecule has 0 N–H and O–H groups in total. The van der Waals surface area contributed by atoms with Crippen LogP contribution < -0.4 is 0 Å². The standard InChI is InChI=1S/C43H26O3/c1-25-14-16-26(17-15-25)29-20-21-31(41-34-10-4-7-13-38(34)45-42(29)41)32-22-19-28(40-33-9-3-6-12-37(33)46-43(32)40)27-18-23-39-35(24-27)30-8-2-5-11-36(30)44-39/h2-24H,1H3. The summed E-state index contributed by atoms with van der Waals surface area (Å²) in [5.41, 5.74) is 13.1. The minimum atomic E-state index is 0.866. The van der Waals surface area contributed by atoms with E-state index in [1.54, 1.807) is 0 Å². The summed E-state index contributed by atoms with van der Waals surface area (Å²) >= 11 is 0. The van der Waals surface area contributed by atoms with Crippen LogP contribution in [0.5, 0.6) is 0 Å². The van der Waals surface area contributed by atoms with Crippen LogP contribution in [0.15, 0.2) is 153 Å². The van der Waals surface area contributed by atoms with E-state index in [2.05, 4.69) is 116 Å². The molecule has 0 saturated carbocycles. The van der Waals surface area contributed by atoms with Crippen molar-refractivity contribution in [2.75, 3.05) is 0 Å². The van der Waals surface area contributed by atoms with E-state index in [-0.39, 0.29) is 0 Å². The van der Waals surface area contributed by atoms with E-state index in [4.69, 9.17) is 13.3 Å². The molecule has 0 radical (unpaired) electrons. The highest BCUT2D eigenvalue weighted by Gasteiger charge is 2.22. The Bertz CT molecular complexity index is 2810. The van der Waals surface area contributed by atoms with Gasteiger partial charge < -0.3 is 13.3 Å². The number of para-hydroxylation sites is 3. The average molecular weight is 591 g/mol. The summed E-state index contributed by atoms with van der Waals surface area (Å²) in [6, 6.07) is 48.8. The first kappa shape index (κ1) is 25.3. The summed E-state index contributed by atoms with van der Waals surface area (Å²) in [5, 5.41) is 6.60. The van der Waals surface area contributed by atoms with Gasteiger partial charge in [-0.05, 0) is 71.6 Å². The summed E-state index contributed by atoms with van der Waals surface area (Å²) in [7, 11) is 0. The highest BCUT2D eigenvalue weighted by atomic mass is 16.3. The van der Waals surface area contributed by atoms with Crippen molar-refractivity contribution in [1.29, 1.82) is 0 Å². The molecule has 46 heavy (non-hydrogen) atoms. The molecule has 216 valence electrons. The van der Waals surface area contributed by atoms with Crippen molar-refractivity contribution in [3.63, 3.8) is 0 Å². The number of benzene rings is 7. The van der Waals surface area contributed by atoms with E-state index in [0.717, 1.165) is 99.2 Å². The smallest absolute Gasteiger partial charge is 0.143 e. The molecule has 0 fully saturated rings. The lowest BCUT2D eigenvalue weighted by molar-refractivity contribution is 0.668. The van der Waals surface area contributed by atoms with Crippen molar-refractivity contribution >= 4 is 65.8 Å². The quantitative estimate of drug-likeness (QED) is 0.205. The van der Waals surface area contributed by atoms with Gasteiger partial charge in [-0.25, -0.2) is 0 Å². The van der Waals surface area contributed by atoms with E-state index >= 15 is 0 Å². The van der Waals surface area contributed by atoms with Crippen molar-refractivity contribution < 1.29 is 13.3 Å². The van der Waals surface area contributed by atoms with Crippen LogP contribution in [0.2, 0.25) is 0 Å². The monoisotopic (exact) mass is 590 g/mol. The van der Waals surface area contributed by atoms with Crippen LogP contribution in [0.3, 0.4) is 0 Å². The molecule has 3 nitrogen and oxygen atoms in total. The van der Waals surface area contributed by atoms with Crippen molar-refractivity contribution in [2.24, 2.45) is 0 Å². The van der Waals surface area contributed by atoms with Crippen molar-refractivity contribution in [3.05, 3.63) is 145 Å². The van der Waals surface area contributed by atoms with E-state index in [1.165, 1.54) is 5.56 Å². The van der Waals surface area contributed by atoms with Crippen molar-refractivity contribution in [1.82, 2.24) is 0 Å². The predicted molar refractivity (Wildman–Crippen MR) is 189 cm³/mol. The third-order valence-electron chi connectivity index (χ3n) is 9.39. The zero-order chi connectivity index (χ0) is 30.4. The third kappa shape index (κ3) is 3.60. The Morgan fingerprint density at radius 2 is 0.848 bits per heavy atom. The second-order valence-electron chi connectivity index (χ2n) is 12.1. The summed E-state index contributed by atoms with van der Waals surface area (Å²) in [4.78, 5) is 0. The normalized spacial score (nSPS) is 12.0. The highest BCUT2D eigenvalue weighted by molar-refractivity contribution is 6.22. The third-order valence-corrected chi connectivity index (χ3v) is 9.39. The Morgan fingerprint density at radius 1 is 0.348 bits per heavy atom. The van der Waals surface area contributed by atoms with E-state index in [1.807, 2.05) is 30.3 Å². The maximum Gasteiger partial charge on any atom is 0.143 e. The molecule has 0 unspecified atom stereocenters. The molecular formula is C43H26O3. The molecule has 0 atom stereocenters. The van der Waals surface area contributed by atoms with E-state index < -0.39 is 0 Å². The molecule has 3 heterocycles. The maximum absolute atomic E-state index is 6.76. The van der Waals surface area contributed by atoms with Gasteiger partial charge in [-0.1, -0.05) is 103 Å². The largest absolute Gasteiger partial charge is 0.456 e. The van der Waals surface area contributed by atoms with Gasteiger partial charge in [-0.3, -0.25) is 0 Å². The Labute approximate surface area is 263 Å². The van der Waals surface area contributed by atoms with Crippen molar-refractivity contribution in [3.8, 4) is 33.4 Å². The molecule has 3 heteroatoms. The minimum absolute atomic E-state index is 0.866. The molecule has 7 aromatic carbocycles. The van der Waals surface area contributed by atoms with Crippen LogP contribution in [-0.4, -0.2) is 0 Å². The van der Waals surface area contributed by atoms with Crippen LogP contribution >= 0.6 is 0 Å². The number of aryl methyl sites for hydroxylation is 1. The number of rotatable bonds is 3. The maximum atomic E-state index is 6.76. The number of hydrogen-bond donors (Lipinski definition) is 0. The fraction of sp³-hybridized carbons (Fsp3) is 0.0233. The van der Waals surface area contributed by atoms with Gasteiger partial charge in [0.05, 0.1) is 0 Å². The van der Waals surface area contributed by atoms with Gasteiger partial charge in [0.2, 0.25) is 0 Å². The lowest BCUT2D eigenvalue weighted by atomic mass is 9.91. The Balaban J connectivity index is 1.27. The number of fused-ring (bicyclic) bond motifs is 9. The molecule has 10 rings (SSSR count). The summed E-state index contributed by atoms with van der Waals surface area (Å²) < 4.78 is 19.5. The Hall–Kier alpha value is -6.06. The number of hydrogen-bond acceptors (Lipinski definition) is 3. The first-order valence-electron chi connectivity index (χ1n) is 15.6. The van der Waals surface area contributed by atoms with Crippen molar-refractivity contribution in [2.45, 2.75) is 6.92 Å². The SMILES string of the molecule is Cc1ccc(-c2ccc(-c3ccc(-c4ccc5oc6ccccc6c5c4)c4c3oc3ccccc34)c3c2oc2ccccc23)cc1. The van der Waals surface area contributed by atoms with Gasteiger partial charge in [0, 0.05) is 43.4 Å². The van der Waals surface area contributed by atoms with Gasteiger partial charge in [0.25, 0.3) is 0 Å². The molecule has 0 saturated heterocycles. The van der Waals surface area contributed by atoms with Gasteiger partial charge in [-0.15, -0.1) is 0 Å². The van der Waals surface area contributed by atoms with Crippen LogP contribution in [0.4, 0.5) is 0 Å². The molecule has 0 spiro atoms. The fourth-order valence-corrected chi connectivity index (χ4v) is 7.19. The second kappa shape index (κ2) is 9.47. The highest BCUT2D eigenvalue weighted by Crippen LogP contribution is 2.47. The van der Waals surface area contributed by atoms with Gasteiger partial charge in [-0.2, -0.15) is 0 Å². The first-order chi connectivity index (χ1) is 22.7. The van der Waals surface area contributed by atoms with Crippen LogP contribution in [-0.2, 0) is 0 Å². The molecule has 3 aromatic heterocycles. The molecule has 0 amide bonds. The second-order valence-corrected chi connectivity index (χ2v) is 12.1. The minimum Gasteiger partial charge on any atom is -0.456 e. The topological polar surface area (TPSA) is 39.4 Å². The summed E-state index contributed by atoms with van der Waals surface area (Å²) in [6.45, 7) is 2.11. The lowest BCUT2D eigenvalue weighted by Gasteiger charge is -2.11. The molecule has 0 aliphatic rings. The van der Waals surface area contributed by atoms with Gasteiger partial charge in [0.15, 0.2) is 0 Å². The van der Waals surface area contributed by atoms with E-state index in [0.29, 0.717) is 0 Å². The Morgan fingerprint density at radius 3 is 1.57 bits per heavy atom. The van der Waals surface area contributed by atoms with E-state index in [9.17, 15) is 0 Å². The molecular weight excluding hydrogens is 564 g/mol.